The van der Waals surface area contributed by atoms with E-state index < -0.39 is 5.97 Å². The van der Waals surface area contributed by atoms with Crippen molar-refractivity contribution in [3.63, 3.8) is 0 Å². The van der Waals surface area contributed by atoms with E-state index in [0.29, 0.717) is 21.9 Å². The lowest BCUT2D eigenvalue weighted by molar-refractivity contribution is -0.115. The number of benzene rings is 2. The molecule has 2 aromatic heterocycles. The number of aromatic nitrogens is 3. The van der Waals surface area contributed by atoms with E-state index in [-0.39, 0.29) is 18.9 Å². The molecule has 2 heterocycles. The molecule has 1 N–H and O–H groups in total. The number of ether oxygens (including phenoxy) is 1. The molecule has 0 saturated carbocycles. The molecule has 0 fully saturated rings. The molecule has 4 rings (SSSR count). The van der Waals surface area contributed by atoms with Gasteiger partial charge in [-0.2, -0.15) is 5.10 Å². The van der Waals surface area contributed by atoms with Crippen LogP contribution in [0.5, 0.6) is 0 Å². The molecule has 0 spiro atoms. The van der Waals surface area contributed by atoms with Crippen molar-refractivity contribution in [1.29, 1.82) is 0 Å². The highest BCUT2D eigenvalue weighted by molar-refractivity contribution is 6.30. The molecule has 0 aliphatic carbocycles. The van der Waals surface area contributed by atoms with Crippen LogP contribution in [0.4, 0.5) is 5.69 Å². The van der Waals surface area contributed by atoms with Gasteiger partial charge in [-0.25, -0.2) is 14.3 Å². The molecule has 7 nitrogen and oxygen atoms in total. The Balaban J connectivity index is 1.59. The van der Waals surface area contributed by atoms with Crippen LogP contribution in [0.3, 0.4) is 0 Å². The van der Waals surface area contributed by atoms with E-state index in [0.717, 1.165) is 16.8 Å². The SMILES string of the molecule is CCOC(=O)c1cnn2c(-c3cccc(NC(=O)Cc4cccc(Cl)c4)c3)ccnc12. The third kappa shape index (κ3) is 4.57. The standard InChI is InChI=1S/C23H19ClN4O3/c1-2-31-23(30)19-14-26-28-20(9-10-25-22(19)28)16-6-4-8-18(13-16)27-21(29)12-15-5-3-7-17(24)11-15/h3-11,13-14H,2,12H2,1H3,(H,27,29). The highest BCUT2D eigenvalue weighted by Gasteiger charge is 2.17. The number of hydrogen-bond acceptors (Lipinski definition) is 5. The molecule has 8 heteroatoms. The van der Waals surface area contributed by atoms with Crippen LogP contribution in [0.1, 0.15) is 22.8 Å². The molecule has 156 valence electrons. The van der Waals surface area contributed by atoms with Crippen LogP contribution in [-0.4, -0.2) is 33.1 Å². The fourth-order valence-corrected chi connectivity index (χ4v) is 3.47. The van der Waals surface area contributed by atoms with E-state index in [1.807, 2.05) is 36.4 Å². The first-order chi connectivity index (χ1) is 15.0. The summed E-state index contributed by atoms with van der Waals surface area (Å²) >= 11 is 5.99. The maximum atomic E-state index is 12.5. The summed E-state index contributed by atoms with van der Waals surface area (Å²) in [4.78, 5) is 28.9. The van der Waals surface area contributed by atoms with Crippen molar-refractivity contribution in [3.05, 3.63) is 83.1 Å². The first-order valence-electron chi connectivity index (χ1n) is 9.69. The number of rotatable bonds is 6. The normalized spacial score (nSPS) is 10.8. The van der Waals surface area contributed by atoms with Crippen LogP contribution in [0, 0.1) is 0 Å². The number of halogens is 1. The van der Waals surface area contributed by atoms with E-state index in [4.69, 9.17) is 16.3 Å². The summed E-state index contributed by atoms with van der Waals surface area (Å²) < 4.78 is 6.65. The molecule has 0 saturated heterocycles. The van der Waals surface area contributed by atoms with Gasteiger partial charge in [0.25, 0.3) is 0 Å². The number of carbonyl (C=O) groups is 2. The monoisotopic (exact) mass is 434 g/mol. The summed E-state index contributed by atoms with van der Waals surface area (Å²) in [6, 6.07) is 16.4. The lowest BCUT2D eigenvalue weighted by Gasteiger charge is -2.09. The van der Waals surface area contributed by atoms with Crippen LogP contribution < -0.4 is 5.32 Å². The minimum absolute atomic E-state index is 0.150. The van der Waals surface area contributed by atoms with Crippen molar-refractivity contribution in [3.8, 4) is 11.3 Å². The van der Waals surface area contributed by atoms with E-state index >= 15 is 0 Å². The summed E-state index contributed by atoms with van der Waals surface area (Å²) in [5.41, 5.74) is 3.73. The Hall–Kier alpha value is -3.71. The molecule has 1 amide bonds. The van der Waals surface area contributed by atoms with Gasteiger partial charge in [0.2, 0.25) is 5.91 Å². The number of amides is 1. The number of esters is 1. The number of nitrogens with zero attached hydrogens (tertiary/aromatic N) is 3. The van der Waals surface area contributed by atoms with Gasteiger partial charge in [0.15, 0.2) is 5.65 Å². The van der Waals surface area contributed by atoms with Crippen LogP contribution >= 0.6 is 11.6 Å². The van der Waals surface area contributed by atoms with Gasteiger partial charge in [0, 0.05) is 22.5 Å². The van der Waals surface area contributed by atoms with Gasteiger partial charge >= 0.3 is 5.97 Å². The second-order valence-electron chi connectivity index (χ2n) is 6.78. The average molecular weight is 435 g/mol. The second kappa shape index (κ2) is 8.97. The number of anilines is 1. The molecular formula is C23H19ClN4O3. The Morgan fingerprint density at radius 1 is 1.13 bits per heavy atom. The van der Waals surface area contributed by atoms with E-state index in [1.54, 1.807) is 35.8 Å². The van der Waals surface area contributed by atoms with E-state index in [2.05, 4.69) is 15.4 Å². The maximum absolute atomic E-state index is 12.5. The fourth-order valence-electron chi connectivity index (χ4n) is 3.26. The Morgan fingerprint density at radius 3 is 2.77 bits per heavy atom. The molecule has 4 aromatic rings. The van der Waals surface area contributed by atoms with E-state index in [1.165, 1.54) is 6.20 Å². The zero-order valence-corrected chi connectivity index (χ0v) is 17.5. The number of carbonyl (C=O) groups excluding carboxylic acids is 2. The summed E-state index contributed by atoms with van der Waals surface area (Å²) in [7, 11) is 0. The van der Waals surface area contributed by atoms with Crippen molar-refractivity contribution >= 4 is 34.8 Å². The van der Waals surface area contributed by atoms with Crippen LogP contribution in [0.15, 0.2) is 67.0 Å². The number of nitrogens with one attached hydrogen (secondary N) is 1. The number of hydrogen-bond donors (Lipinski definition) is 1. The first kappa shape index (κ1) is 20.6. The fraction of sp³-hybridized carbons (Fsp3) is 0.130. The van der Waals surface area contributed by atoms with Gasteiger partial charge in [-0.05, 0) is 42.8 Å². The Bertz CT molecular complexity index is 1270. The molecule has 0 radical (unpaired) electrons. The molecular weight excluding hydrogens is 416 g/mol. The van der Waals surface area contributed by atoms with Crippen molar-refractivity contribution in [2.24, 2.45) is 0 Å². The van der Waals surface area contributed by atoms with E-state index in [9.17, 15) is 9.59 Å². The van der Waals surface area contributed by atoms with Gasteiger partial charge in [0.05, 0.1) is 24.9 Å². The molecule has 0 aliphatic heterocycles. The highest BCUT2D eigenvalue weighted by Crippen LogP contribution is 2.24. The van der Waals surface area contributed by atoms with Crippen LogP contribution in [0.25, 0.3) is 16.9 Å². The quantitative estimate of drug-likeness (QED) is 0.454. The molecule has 0 unspecified atom stereocenters. The molecule has 0 bridgehead atoms. The van der Waals surface area contributed by atoms with Crippen LogP contribution in [-0.2, 0) is 16.0 Å². The summed E-state index contributed by atoms with van der Waals surface area (Å²) in [5, 5.41) is 7.81. The predicted octanol–water partition coefficient (Wildman–Crippen LogP) is 4.41. The van der Waals surface area contributed by atoms with Crippen molar-refractivity contribution in [1.82, 2.24) is 14.6 Å². The molecule has 0 aliphatic rings. The Morgan fingerprint density at radius 2 is 1.97 bits per heavy atom. The van der Waals surface area contributed by atoms with Gasteiger partial charge < -0.3 is 10.1 Å². The lowest BCUT2D eigenvalue weighted by atomic mass is 10.1. The minimum atomic E-state index is -0.468. The third-order valence-electron chi connectivity index (χ3n) is 4.59. The van der Waals surface area contributed by atoms with Gasteiger partial charge in [-0.1, -0.05) is 35.9 Å². The second-order valence-corrected chi connectivity index (χ2v) is 7.22. The maximum Gasteiger partial charge on any atom is 0.343 e. The predicted molar refractivity (Wildman–Crippen MR) is 118 cm³/mol. The summed E-state index contributed by atoms with van der Waals surface area (Å²) in [6.07, 6.45) is 3.27. The molecule has 31 heavy (non-hydrogen) atoms. The van der Waals surface area contributed by atoms with Crippen LogP contribution in [0.2, 0.25) is 5.02 Å². The zero-order valence-electron chi connectivity index (χ0n) is 16.7. The highest BCUT2D eigenvalue weighted by atomic mass is 35.5. The summed E-state index contributed by atoms with van der Waals surface area (Å²) in [6.45, 7) is 2.02. The third-order valence-corrected chi connectivity index (χ3v) is 4.83. The minimum Gasteiger partial charge on any atom is -0.462 e. The average Bonchev–Trinajstić information content (AvgIpc) is 3.18. The van der Waals surface area contributed by atoms with Gasteiger partial charge in [-0.15, -0.1) is 0 Å². The Kier molecular flexibility index (Phi) is 5.95. The topological polar surface area (TPSA) is 85.6 Å². The lowest BCUT2D eigenvalue weighted by Crippen LogP contribution is -2.14. The molecule has 0 atom stereocenters. The zero-order chi connectivity index (χ0) is 21.8. The van der Waals surface area contributed by atoms with Crippen molar-refractivity contribution in [2.75, 3.05) is 11.9 Å². The molecule has 2 aromatic carbocycles. The Labute approximate surface area is 183 Å². The largest absolute Gasteiger partial charge is 0.462 e. The smallest absolute Gasteiger partial charge is 0.343 e. The van der Waals surface area contributed by atoms with Crippen molar-refractivity contribution < 1.29 is 14.3 Å². The summed E-state index contributed by atoms with van der Waals surface area (Å²) in [5.74, 6) is -0.618. The first-order valence-corrected chi connectivity index (χ1v) is 10.1. The van der Waals surface area contributed by atoms with Crippen molar-refractivity contribution in [2.45, 2.75) is 13.3 Å². The van der Waals surface area contributed by atoms with Gasteiger partial charge in [0.1, 0.15) is 5.56 Å². The van der Waals surface area contributed by atoms with Gasteiger partial charge in [-0.3, -0.25) is 4.79 Å². The number of fused-ring (bicyclic) bond motifs is 1.